The van der Waals surface area contributed by atoms with Gasteiger partial charge in [0.05, 0.1) is 0 Å². The molecule has 0 N–H and O–H groups in total. The molecule has 0 radical (unpaired) electrons. The molecular formula is C12H18Se. The van der Waals surface area contributed by atoms with Gasteiger partial charge in [-0.2, -0.15) is 0 Å². The third-order valence-electron chi connectivity index (χ3n) is 2.28. The third kappa shape index (κ3) is 3.54. The zero-order valence-electron chi connectivity index (χ0n) is 8.49. The van der Waals surface area contributed by atoms with Crippen LogP contribution in [0.25, 0.3) is 0 Å². The van der Waals surface area contributed by atoms with Crippen LogP contribution in [0.1, 0.15) is 36.6 Å². The first-order valence-corrected chi connectivity index (χ1v) is 7.66. The Morgan fingerprint density at radius 3 is 2.46 bits per heavy atom. The summed E-state index contributed by atoms with van der Waals surface area (Å²) in [5.74, 6) is 2.35. The second-order valence-electron chi connectivity index (χ2n) is 3.28. The Labute approximate surface area is 87.9 Å². The van der Waals surface area contributed by atoms with E-state index < -0.39 is 0 Å². The first kappa shape index (κ1) is 10.8. The van der Waals surface area contributed by atoms with Crippen molar-refractivity contribution >= 4 is 15.0 Å². The minimum absolute atomic E-state index is 0.747. The van der Waals surface area contributed by atoms with Gasteiger partial charge in [-0.15, -0.1) is 0 Å². The van der Waals surface area contributed by atoms with Crippen LogP contribution in [0.15, 0.2) is 30.3 Å². The van der Waals surface area contributed by atoms with Gasteiger partial charge in [-0.25, -0.2) is 0 Å². The van der Waals surface area contributed by atoms with E-state index in [2.05, 4.69) is 43.1 Å². The molecule has 1 heteroatoms. The van der Waals surface area contributed by atoms with Crippen LogP contribution in [0.2, 0.25) is 5.82 Å². The summed E-state index contributed by atoms with van der Waals surface area (Å²) in [6, 6.07) is 10.9. The standard InChI is InChI=1S/C12H18Se/c1-3-4-10-12(13-2)11-8-6-5-7-9-11/h5-9,12H,3-4,10H2,1-2H3. The Balaban J connectivity index is 2.56. The summed E-state index contributed by atoms with van der Waals surface area (Å²) in [6.07, 6.45) is 4.06. The van der Waals surface area contributed by atoms with E-state index in [1.54, 1.807) is 5.56 Å². The third-order valence-corrected chi connectivity index (χ3v) is 4.54. The predicted molar refractivity (Wildman–Crippen MR) is 60.3 cm³/mol. The molecule has 1 rings (SSSR count). The number of unbranched alkanes of at least 4 members (excludes halogenated alkanes) is 1. The van der Waals surface area contributed by atoms with E-state index in [1.807, 2.05) is 0 Å². The van der Waals surface area contributed by atoms with Crippen molar-refractivity contribution in [1.29, 1.82) is 0 Å². The van der Waals surface area contributed by atoms with Gasteiger partial charge in [-0.1, -0.05) is 0 Å². The average Bonchev–Trinajstić information content (AvgIpc) is 2.21. The summed E-state index contributed by atoms with van der Waals surface area (Å²) in [5.41, 5.74) is 1.54. The summed E-state index contributed by atoms with van der Waals surface area (Å²) in [4.78, 5) is 0.841. The molecule has 0 amide bonds. The first-order valence-electron chi connectivity index (χ1n) is 4.96. The second kappa shape index (κ2) is 6.23. The van der Waals surface area contributed by atoms with Crippen LogP contribution in [-0.2, 0) is 0 Å². The van der Waals surface area contributed by atoms with Crippen LogP contribution in [0.5, 0.6) is 0 Å². The molecule has 0 saturated carbocycles. The first-order chi connectivity index (χ1) is 6.38. The van der Waals surface area contributed by atoms with Gasteiger partial charge in [0.1, 0.15) is 0 Å². The van der Waals surface area contributed by atoms with Gasteiger partial charge in [-0.3, -0.25) is 0 Å². The molecule has 0 aromatic heterocycles. The summed E-state index contributed by atoms with van der Waals surface area (Å²) in [5, 5.41) is 0. The fourth-order valence-electron chi connectivity index (χ4n) is 1.48. The Kier molecular flexibility index (Phi) is 5.19. The molecule has 0 fully saturated rings. The van der Waals surface area contributed by atoms with Gasteiger partial charge < -0.3 is 0 Å². The molecular weight excluding hydrogens is 223 g/mol. The van der Waals surface area contributed by atoms with Crippen molar-refractivity contribution in [3.8, 4) is 0 Å². The van der Waals surface area contributed by atoms with E-state index in [4.69, 9.17) is 0 Å². The monoisotopic (exact) mass is 242 g/mol. The molecule has 0 aliphatic carbocycles. The average molecular weight is 241 g/mol. The van der Waals surface area contributed by atoms with E-state index in [9.17, 15) is 0 Å². The quantitative estimate of drug-likeness (QED) is 0.690. The molecule has 1 atom stereocenters. The van der Waals surface area contributed by atoms with Crippen molar-refractivity contribution in [1.82, 2.24) is 0 Å². The van der Waals surface area contributed by atoms with Crippen molar-refractivity contribution in [3.05, 3.63) is 35.9 Å². The Morgan fingerprint density at radius 2 is 1.92 bits per heavy atom. The SMILES string of the molecule is CCCCC([Se]C)c1ccccc1. The minimum atomic E-state index is 0.747. The Morgan fingerprint density at radius 1 is 1.23 bits per heavy atom. The van der Waals surface area contributed by atoms with Crippen LogP contribution < -0.4 is 0 Å². The fraction of sp³-hybridized carbons (Fsp3) is 0.500. The van der Waals surface area contributed by atoms with E-state index in [1.165, 1.54) is 19.3 Å². The van der Waals surface area contributed by atoms with Gasteiger partial charge in [0.15, 0.2) is 0 Å². The van der Waals surface area contributed by atoms with E-state index >= 15 is 0 Å². The number of hydrogen-bond donors (Lipinski definition) is 0. The molecule has 1 aromatic rings. The summed E-state index contributed by atoms with van der Waals surface area (Å²) < 4.78 is 0. The second-order valence-corrected chi connectivity index (χ2v) is 5.46. The fourth-order valence-corrected chi connectivity index (χ4v) is 3.22. The van der Waals surface area contributed by atoms with Crippen molar-refractivity contribution in [3.63, 3.8) is 0 Å². The molecule has 0 aliphatic heterocycles. The zero-order valence-corrected chi connectivity index (χ0v) is 10.2. The Hall–Kier alpha value is -0.261. The summed E-state index contributed by atoms with van der Waals surface area (Å²) >= 11 is 0.747. The van der Waals surface area contributed by atoms with Crippen LogP contribution in [-0.4, -0.2) is 15.0 Å². The van der Waals surface area contributed by atoms with E-state index in [0.717, 1.165) is 19.8 Å². The Bertz CT molecular complexity index is 218. The van der Waals surface area contributed by atoms with Crippen LogP contribution in [0.3, 0.4) is 0 Å². The van der Waals surface area contributed by atoms with E-state index in [-0.39, 0.29) is 0 Å². The van der Waals surface area contributed by atoms with Gasteiger partial charge in [0.2, 0.25) is 0 Å². The molecule has 1 unspecified atom stereocenters. The van der Waals surface area contributed by atoms with Gasteiger partial charge in [-0.05, 0) is 0 Å². The molecule has 0 heterocycles. The molecule has 0 spiro atoms. The maximum absolute atomic E-state index is 2.35. The van der Waals surface area contributed by atoms with Crippen molar-refractivity contribution in [2.75, 3.05) is 0 Å². The molecule has 1 aromatic carbocycles. The van der Waals surface area contributed by atoms with Gasteiger partial charge in [0.25, 0.3) is 0 Å². The van der Waals surface area contributed by atoms with Gasteiger partial charge >= 0.3 is 87.7 Å². The van der Waals surface area contributed by atoms with Crippen molar-refractivity contribution in [2.45, 2.75) is 36.8 Å². The maximum atomic E-state index is 2.35. The normalized spacial score (nSPS) is 12.8. The van der Waals surface area contributed by atoms with Crippen molar-refractivity contribution < 1.29 is 0 Å². The molecule has 0 bridgehead atoms. The van der Waals surface area contributed by atoms with Crippen molar-refractivity contribution in [2.24, 2.45) is 0 Å². The summed E-state index contributed by atoms with van der Waals surface area (Å²) in [7, 11) is 0. The van der Waals surface area contributed by atoms with Gasteiger partial charge in [0, 0.05) is 0 Å². The number of hydrogen-bond acceptors (Lipinski definition) is 0. The van der Waals surface area contributed by atoms with Crippen LogP contribution >= 0.6 is 0 Å². The molecule has 0 saturated heterocycles. The van der Waals surface area contributed by atoms with Crippen LogP contribution in [0.4, 0.5) is 0 Å². The number of rotatable bonds is 5. The predicted octanol–water partition coefficient (Wildman–Crippen LogP) is 3.67. The molecule has 13 heavy (non-hydrogen) atoms. The number of benzene rings is 1. The van der Waals surface area contributed by atoms with E-state index in [0.29, 0.717) is 0 Å². The molecule has 72 valence electrons. The summed E-state index contributed by atoms with van der Waals surface area (Å²) in [6.45, 7) is 2.27. The molecule has 0 nitrogen and oxygen atoms in total. The van der Waals surface area contributed by atoms with Crippen LogP contribution in [0, 0.1) is 0 Å². The zero-order chi connectivity index (χ0) is 9.52. The molecule has 0 aliphatic rings. The topological polar surface area (TPSA) is 0 Å².